The van der Waals surface area contributed by atoms with Crippen molar-refractivity contribution in [2.45, 2.75) is 37.8 Å². The SMILES string of the molecule is CCN(CC)C(=O)c1ccccc1SC(C)C. The molecular formula is C14H21NOS. The van der Waals surface area contributed by atoms with E-state index in [9.17, 15) is 4.79 Å². The molecule has 0 N–H and O–H groups in total. The predicted molar refractivity (Wildman–Crippen MR) is 74.7 cm³/mol. The van der Waals surface area contributed by atoms with Crippen LogP contribution < -0.4 is 0 Å². The molecule has 0 aromatic heterocycles. The van der Waals surface area contributed by atoms with Crippen LogP contribution in [0.5, 0.6) is 0 Å². The normalized spacial score (nSPS) is 10.6. The Hall–Kier alpha value is -0.960. The van der Waals surface area contributed by atoms with Gasteiger partial charge in [0.1, 0.15) is 0 Å². The minimum Gasteiger partial charge on any atom is -0.339 e. The van der Waals surface area contributed by atoms with Crippen LogP contribution in [0.4, 0.5) is 0 Å². The number of benzene rings is 1. The summed E-state index contributed by atoms with van der Waals surface area (Å²) in [5.41, 5.74) is 0.829. The minimum absolute atomic E-state index is 0.138. The van der Waals surface area contributed by atoms with Crippen LogP contribution in [0.15, 0.2) is 29.2 Å². The Morgan fingerprint density at radius 2 is 1.82 bits per heavy atom. The lowest BCUT2D eigenvalue weighted by Crippen LogP contribution is -2.30. The molecule has 0 heterocycles. The lowest BCUT2D eigenvalue weighted by molar-refractivity contribution is 0.0769. The van der Waals surface area contributed by atoms with E-state index in [1.54, 1.807) is 11.8 Å². The molecule has 0 saturated heterocycles. The molecule has 94 valence electrons. The van der Waals surface area contributed by atoms with Gasteiger partial charge in [-0.15, -0.1) is 11.8 Å². The fourth-order valence-electron chi connectivity index (χ4n) is 1.68. The van der Waals surface area contributed by atoms with Gasteiger partial charge in [-0.25, -0.2) is 0 Å². The Morgan fingerprint density at radius 1 is 1.24 bits per heavy atom. The average Bonchev–Trinajstić information content (AvgIpc) is 2.30. The van der Waals surface area contributed by atoms with Crippen molar-refractivity contribution in [1.82, 2.24) is 4.90 Å². The Kier molecular flexibility index (Phi) is 5.56. The first kappa shape index (κ1) is 14.1. The zero-order chi connectivity index (χ0) is 12.8. The van der Waals surface area contributed by atoms with E-state index in [4.69, 9.17) is 0 Å². The molecule has 0 radical (unpaired) electrons. The molecule has 1 amide bonds. The largest absolute Gasteiger partial charge is 0.339 e. The van der Waals surface area contributed by atoms with Crippen LogP contribution in [0.1, 0.15) is 38.1 Å². The molecule has 0 aliphatic rings. The maximum atomic E-state index is 12.3. The third-order valence-electron chi connectivity index (χ3n) is 2.53. The average molecular weight is 251 g/mol. The van der Waals surface area contributed by atoms with Gasteiger partial charge < -0.3 is 4.90 Å². The summed E-state index contributed by atoms with van der Waals surface area (Å²) in [5.74, 6) is 0.138. The topological polar surface area (TPSA) is 20.3 Å². The van der Waals surface area contributed by atoms with Crippen LogP contribution in [-0.2, 0) is 0 Å². The second-order valence-corrected chi connectivity index (χ2v) is 5.76. The summed E-state index contributed by atoms with van der Waals surface area (Å²) in [6.07, 6.45) is 0. The highest BCUT2D eigenvalue weighted by Gasteiger charge is 2.16. The lowest BCUT2D eigenvalue weighted by Gasteiger charge is -2.20. The van der Waals surface area contributed by atoms with Gasteiger partial charge in [-0.3, -0.25) is 4.79 Å². The van der Waals surface area contributed by atoms with Crippen molar-refractivity contribution in [3.8, 4) is 0 Å². The summed E-state index contributed by atoms with van der Waals surface area (Å²) < 4.78 is 0. The van der Waals surface area contributed by atoms with E-state index in [0.29, 0.717) is 5.25 Å². The summed E-state index contributed by atoms with van der Waals surface area (Å²) in [7, 11) is 0. The Bertz CT molecular complexity index is 372. The van der Waals surface area contributed by atoms with E-state index in [1.807, 2.05) is 43.0 Å². The summed E-state index contributed by atoms with van der Waals surface area (Å²) in [4.78, 5) is 15.3. The lowest BCUT2D eigenvalue weighted by atomic mass is 10.2. The molecule has 0 atom stereocenters. The zero-order valence-electron chi connectivity index (χ0n) is 11.1. The van der Waals surface area contributed by atoms with Crippen LogP contribution >= 0.6 is 11.8 Å². The second-order valence-electron chi connectivity index (χ2n) is 4.14. The first-order chi connectivity index (χ1) is 8.10. The quantitative estimate of drug-likeness (QED) is 0.744. The fraction of sp³-hybridized carbons (Fsp3) is 0.500. The van der Waals surface area contributed by atoms with Gasteiger partial charge in [0, 0.05) is 23.2 Å². The minimum atomic E-state index is 0.138. The number of amides is 1. The number of thioether (sulfide) groups is 1. The van der Waals surface area contributed by atoms with E-state index in [-0.39, 0.29) is 5.91 Å². The molecule has 1 rings (SSSR count). The Balaban J connectivity index is 2.99. The van der Waals surface area contributed by atoms with E-state index in [1.165, 1.54) is 0 Å². The summed E-state index contributed by atoms with van der Waals surface area (Å²) >= 11 is 1.74. The van der Waals surface area contributed by atoms with Crippen LogP contribution in [-0.4, -0.2) is 29.1 Å². The van der Waals surface area contributed by atoms with Crippen molar-refractivity contribution in [2.75, 3.05) is 13.1 Å². The summed E-state index contributed by atoms with van der Waals surface area (Å²) in [6, 6.07) is 7.87. The first-order valence-corrected chi connectivity index (χ1v) is 7.03. The van der Waals surface area contributed by atoms with Crippen molar-refractivity contribution in [2.24, 2.45) is 0 Å². The molecule has 17 heavy (non-hydrogen) atoms. The van der Waals surface area contributed by atoms with Crippen LogP contribution in [0, 0.1) is 0 Å². The van der Waals surface area contributed by atoms with Crippen LogP contribution in [0.3, 0.4) is 0 Å². The van der Waals surface area contributed by atoms with Gasteiger partial charge in [0.2, 0.25) is 0 Å². The predicted octanol–water partition coefficient (Wildman–Crippen LogP) is 3.67. The maximum absolute atomic E-state index is 12.3. The number of carbonyl (C=O) groups excluding carboxylic acids is 1. The number of nitrogens with zero attached hydrogens (tertiary/aromatic N) is 1. The van der Waals surface area contributed by atoms with Crippen molar-refractivity contribution in [3.05, 3.63) is 29.8 Å². The molecule has 0 saturated carbocycles. The maximum Gasteiger partial charge on any atom is 0.254 e. The Morgan fingerprint density at radius 3 is 2.35 bits per heavy atom. The third kappa shape index (κ3) is 3.77. The molecule has 0 fully saturated rings. The standard InChI is InChI=1S/C14H21NOS/c1-5-15(6-2)14(16)12-9-7-8-10-13(12)17-11(3)4/h7-11H,5-6H2,1-4H3. The Labute approximate surface area is 108 Å². The molecule has 1 aromatic rings. The monoisotopic (exact) mass is 251 g/mol. The van der Waals surface area contributed by atoms with Crippen LogP contribution in [0.2, 0.25) is 0 Å². The van der Waals surface area contributed by atoms with Gasteiger partial charge >= 0.3 is 0 Å². The molecule has 0 aliphatic heterocycles. The van der Waals surface area contributed by atoms with Gasteiger partial charge in [-0.2, -0.15) is 0 Å². The fourth-order valence-corrected chi connectivity index (χ4v) is 2.63. The van der Waals surface area contributed by atoms with Gasteiger partial charge in [0.25, 0.3) is 5.91 Å². The number of rotatable bonds is 5. The second kappa shape index (κ2) is 6.70. The highest BCUT2D eigenvalue weighted by Crippen LogP contribution is 2.27. The van der Waals surface area contributed by atoms with Gasteiger partial charge in [0.05, 0.1) is 5.56 Å². The zero-order valence-corrected chi connectivity index (χ0v) is 11.9. The molecule has 0 unspecified atom stereocenters. The molecule has 0 bridgehead atoms. The number of carbonyl (C=O) groups is 1. The molecular weight excluding hydrogens is 230 g/mol. The van der Waals surface area contributed by atoms with Gasteiger partial charge in [0.15, 0.2) is 0 Å². The van der Waals surface area contributed by atoms with E-state index in [0.717, 1.165) is 23.5 Å². The van der Waals surface area contributed by atoms with Crippen molar-refractivity contribution >= 4 is 17.7 Å². The highest BCUT2D eigenvalue weighted by molar-refractivity contribution is 8.00. The number of hydrogen-bond donors (Lipinski definition) is 0. The molecule has 2 nitrogen and oxygen atoms in total. The molecule has 1 aromatic carbocycles. The van der Waals surface area contributed by atoms with Crippen LogP contribution in [0.25, 0.3) is 0 Å². The van der Waals surface area contributed by atoms with E-state index >= 15 is 0 Å². The summed E-state index contributed by atoms with van der Waals surface area (Å²) in [5, 5.41) is 0.487. The summed E-state index contributed by atoms with van der Waals surface area (Å²) in [6.45, 7) is 9.83. The third-order valence-corrected chi connectivity index (χ3v) is 3.61. The molecule has 0 spiro atoms. The van der Waals surface area contributed by atoms with Gasteiger partial charge in [-0.1, -0.05) is 26.0 Å². The van der Waals surface area contributed by atoms with Gasteiger partial charge in [-0.05, 0) is 26.0 Å². The van der Waals surface area contributed by atoms with Crippen molar-refractivity contribution in [1.29, 1.82) is 0 Å². The van der Waals surface area contributed by atoms with E-state index in [2.05, 4.69) is 13.8 Å². The van der Waals surface area contributed by atoms with Crippen molar-refractivity contribution in [3.63, 3.8) is 0 Å². The van der Waals surface area contributed by atoms with E-state index < -0.39 is 0 Å². The smallest absolute Gasteiger partial charge is 0.254 e. The molecule has 3 heteroatoms. The first-order valence-electron chi connectivity index (χ1n) is 6.15. The number of hydrogen-bond acceptors (Lipinski definition) is 2. The molecule has 0 aliphatic carbocycles. The van der Waals surface area contributed by atoms with Crippen molar-refractivity contribution < 1.29 is 4.79 Å². The highest BCUT2D eigenvalue weighted by atomic mass is 32.2.